The van der Waals surface area contributed by atoms with Crippen molar-refractivity contribution in [3.63, 3.8) is 0 Å². The first kappa shape index (κ1) is 9.05. The summed E-state index contributed by atoms with van der Waals surface area (Å²) in [6, 6.07) is 0. The largest absolute Gasteiger partial charge is 0.298 e. The summed E-state index contributed by atoms with van der Waals surface area (Å²) in [7, 11) is 0. The molecule has 66 valence electrons. The average Bonchev–Trinajstić information content (AvgIpc) is 2.47. The van der Waals surface area contributed by atoms with Gasteiger partial charge in [-0.05, 0) is 38.8 Å². The molecule has 1 nitrogen and oxygen atoms in total. The minimum Gasteiger partial charge on any atom is -0.298 e. The molecule has 0 aliphatic carbocycles. The molecule has 1 aliphatic rings. The van der Waals surface area contributed by atoms with Gasteiger partial charge in [-0.1, -0.05) is 20.8 Å². The molecule has 1 heteroatoms. The molecule has 1 fully saturated rings. The van der Waals surface area contributed by atoms with Gasteiger partial charge in [0, 0.05) is 5.54 Å². The number of nitrogens with zero attached hydrogens (tertiary/aromatic N) is 1. The smallest absolute Gasteiger partial charge is 0.0204 e. The Kier molecular flexibility index (Phi) is 2.94. The highest BCUT2D eigenvalue weighted by molar-refractivity contribution is 4.92. The predicted octanol–water partition coefficient (Wildman–Crippen LogP) is 2.66. The lowest BCUT2D eigenvalue weighted by atomic mass is 9.90. The maximum Gasteiger partial charge on any atom is 0.0204 e. The third kappa shape index (κ3) is 1.44. The van der Waals surface area contributed by atoms with Crippen LogP contribution in [0.25, 0.3) is 0 Å². The van der Waals surface area contributed by atoms with Crippen molar-refractivity contribution in [3.05, 3.63) is 0 Å². The van der Waals surface area contributed by atoms with Crippen LogP contribution in [-0.2, 0) is 0 Å². The average molecular weight is 155 g/mol. The SMILES string of the molecule is CCN1CCCC1(CC)CC. The van der Waals surface area contributed by atoms with Crippen molar-refractivity contribution >= 4 is 0 Å². The molecule has 0 atom stereocenters. The van der Waals surface area contributed by atoms with Crippen molar-refractivity contribution in [2.45, 2.75) is 52.0 Å². The van der Waals surface area contributed by atoms with Crippen LogP contribution in [0.3, 0.4) is 0 Å². The van der Waals surface area contributed by atoms with E-state index in [-0.39, 0.29) is 0 Å². The minimum atomic E-state index is 0.578. The van der Waals surface area contributed by atoms with E-state index in [4.69, 9.17) is 0 Å². The Bertz CT molecular complexity index is 116. The van der Waals surface area contributed by atoms with Crippen LogP contribution >= 0.6 is 0 Å². The fourth-order valence-electron chi connectivity index (χ4n) is 2.54. The summed E-state index contributed by atoms with van der Waals surface area (Å²) in [5, 5.41) is 0. The Morgan fingerprint density at radius 3 is 2.18 bits per heavy atom. The van der Waals surface area contributed by atoms with Gasteiger partial charge in [0.15, 0.2) is 0 Å². The third-order valence-corrected chi connectivity index (χ3v) is 3.44. The van der Waals surface area contributed by atoms with Gasteiger partial charge >= 0.3 is 0 Å². The lowest BCUT2D eigenvalue weighted by Gasteiger charge is -2.36. The molecule has 0 bridgehead atoms. The van der Waals surface area contributed by atoms with Crippen LogP contribution in [0, 0.1) is 0 Å². The van der Waals surface area contributed by atoms with E-state index in [1.807, 2.05) is 0 Å². The van der Waals surface area contributed by atoms with E-state index in [0.29, 0.717) is 5.54 Å². The molecule has 0 saturated carbocycles. The van der Waals surface area contributed by atoms with Crippen molar-refractivity contribution in [1.82, 2.24) is 4.90 Å². The van der Waals surface area contributed by atoms with E-state index in [0.717, 1.165) is 0 Å². The highest BCUT2D eigenvalue weighted by atomic mass is 15.2. The Hall–Kier alpha value is -0.0400. The lowest BCUT2D eigenvalue weighted by Crippen LogP contribution is -2.42. The van der Waals surface area contributed by atoms with Gasteiger partial charge in [0.2, 0.25) is 0 Å². The van der Waals surface area contributed by atoms with E-state index in [1.165, 1.54) is 38.8 Å². The second kappa shape index (κ2) is 3.57. The van der Waals surface area contributed by atoms with Gasteiger partial charge in [0.25, 0.3) is 0 Å². The molecule has 1 saturated heterocycles. The van der Waals surface area contributed by atoms with Crippen molar-refractivity contribution in [1.29, 1.82) is 0 Å². The zero-order valence-electron chi connectivity index (χ0n) is 8.19. The molecular formula is C10H21N. The maximum atomic E-state index is 2.66. The summed E-state index contributed by atoms with van der Waals surface area (Å²) in [6.07, 6.45) is 5.50. The van der Waals surface area contributed by atoms with Gasteiger partial charge in [-0.25, -0.2) is 0 Å². The molecule has 1 aliphatic heterocycles. The first-order valence-electron chi connectivity index (χ1n) is 5.04. The van der Waals surface area contributed by atoms with Crippen LogP contribution in [0.5, 0.6) is 0 Å². The Morgan fingerprint density at radius 1 is 1.18 bits per heavy atom. The normalized spacial score (nSPS) is 24.3. The molecule has 0 aromatic carbocycles. The molecular weight excluding hydrogens is 134 g/mol. The van der Waals surface area contributed by atoms with Crippen molar-refractivity contribution < 1.29 is 0 Å². The molecule has 0 N–H and O–H groups in total. The zero-order valence-corrected chi connectivity index (χ0v) is 8.19. The summed E-state index contributed by atoms with van der Waals surface area (Å²) >= 11 is 0. The monoisotopic (exact) mass is 155 g/mol. The van der Waals surface area contributed by atoms with Crippen LogP contribution < -0.4 is 0 Å². The van der Waals surface area contributed by atoms with Crippen LogP contribution in [0.2, 0.25) is 0 Å². The molecule has 0 spiro atoms. The summed E-state index contributed by atoms with van der Waals surface area (Å²) in [6.45, 7) is 9.51. The molecule has 1 heterocycles. The first-order valence-corrected chi connectivity index (χ1v) is 5.04. The highest BCUT2D eigenvalue weighted by Gasteiger charge is 2.36. The molecule has 0 aromatic heterocycles. The van der Waals surface area contributed by atoms with Gasteiger partial charge in [-0.2, -0.15) is 0 Å². The van der Waals surface area contributed by atoms with Gasteiger partial charge in [0.1, 0.15) is 0 Å². The van der Waals surface area contributed by atoms with E-state index >= 15 is 0 Å². The molecule has 1 rings (SSSR count). The standard InChI is InChI=1S/C10H21N/c1-4-10(5-2)8-7-9-11(10)6-3/h4-9H2,1-3H3. The number of rotatable bonds is 3. The Balaban J connectivity index is 2.63. The quantitative estimate of drug-likeness (QED) is 0.605. The fourth-order valence-corrected chi connectivity index (χ4v) is 2.54. The summed E-state index contributed by atoms with van der Waals surface area (Å²) in [5.41, 5.74) is 0.578. The van der Waals surface area contributed by atoms with Gasteiger partial charge in [-0.3, -0.25) is 4.90 Å². The summed E-state index contributed by atoms with van der Waals surface area (Å²) in [4.78, 5) is 2.66. The number of likely N-dealkylation sites (tertiary alicyclic amines) is 1. The fraction of sp³-hybridized carbons (Fsp3) is 1.00. The van der Waals surface area contributed by atoms with Crippen molar-refractivity contribution in [3.8, 4) is 0 Å². The molecule has 0 radical (unpaired) electrons. The molecule has 0 unspecified atom stereocenters. The summed E-state index contributed by atoms with van der Waals surface area (Å²) in [5.74, 6) is 0. The van der Waals surface area contributed by atoms with Crippen molar-refractivity contribution in [2.75, 3.05) is 13.1 Å². The van der Waals surface area contributed by atoms with Crippen LogP contribution in [-0.4, -0.2) is 23.5 Å². The second-order valence-electron chi connectivity index (χ2n) is 3.61. The van der Waals surface area contributed by atoms with Crippen LogP contribution in [0.1, 0.15) is 46.5 Å². The van der Waals surface area contributed by atoms with Gasteiger partial charge < -0.3 is 0 Å². The lowest BCUT2D eigenvalue weighted by molar-refractivity contribution is 0.134. The zero-order chi connectivity index (χ0) is 8.32. The van der Waals surface area contributed by atoms with E-state index in [2.05, 4.69) is 25.7 Å². The van der Waals surface area contributed by atoms with Gasteiger partial charge in [-0.15, -0.1) is 0 Å². The van der Waals surface area contributed by atoms with Crippen molar-refractivity contribution in [2.24, 2.45) is 0 Å². The third-order valence-electron chi connectivity index (χ3n) is 3.44. The molecule has 0 aromatic rings. The first-order chi connectivity index (χ1) is 5.29. The van der Waals surface area contributed by atoms with Gasteiger partial charge in [0.05, 0.1) is 0 Å². The maximum absolute atomic E-state index is 2.66. The highest BCUT2D eigenvalue weighted by Crippen LogP contribution is 2.34. The van der Waals surface area contributed by atoms with Crippen LogP contribution in [0.4, 0.5) is 0 Å². The Labute approximate surface area is 70.8 Å². The molecule has 11 heavy (non-hydrogen) atoms. The van der Waals surface area contributed by atoms with E-state index < -0.39 is 0 Å². The number of hydrogen-bond acceptors (Lipinski definition) is 1. The molecule has 0 amide bonds. The van der Waals surface area contributed by atoms with E-state index in [1.54, 1.807) is 0 Å². The minimum absolute atomic E-state index is 0.578. The second-order valence-corrected chi connectivity index (χ2v) is 3.61. The predicted molar refractivity (Wildman–Crippen MR) is 49.8 cm³/mol. The Morgan fingerprint density at radius 2 is 1.82 bits per heavy atom. The summed E-state index contributed by atoms with van der Waals surface area (Å²) < 4.78 is 0. The topological polar surface area (TPSA) is 3.24 Å². The van der Waals surface area contributed by atoms with Crippen LogP contribution in [0.15, 0.2) is 0 Å². The number of hydrogen-bond donors (Lipinski definition) is 0. The van der Waals surface area contributed by atoms with E-state index in [9.17, 15) is 0 Å².